The molecule has 5 nitrogen and oxygen atoms in total. The molecule has 5 heteroatoms. The summed E-state index contributed by atoms with van der Waals surface area (Å²) in [4.78, 5) is 14.3. The number of rotatable bonds is 5. The van der Waals surface area contributed by atoms with Crippen molar-refractivity contribution in [3.05, 3.63) is 59.7 Å². The highest BCUT2D eigenvalue weighted by Crippen LogP contribution is 2.33. The second kappa shape index (κ2) is 7.57. The van der Waals surface area contributed by atoms with Gasteiger partial charge in [0.15, 0.2) is 6.61 Å². The number of aliphatic hydroxyl groups excluding tert-OH is 1. The van der Waals surface area contributed by atoms with Crippen LogP contribution < -0.4 is 9.47 Å². The molecule has 0 unspecified atom stereocenters. The van der Waals surface area contributed by atoms with Gasteiger partial charge in [0.05, 0.1) is 19.3 Å². The van der Waals surface area contributed by atoms with E-state index in [1.165, 1.54) is 0 Å². The topological polar surface area (TPSA) is 59.0 Å². The molecule has 1 heterocycles. The summed E-state index contributed by atoms with van der Waals surface area (Å²) in [5, 5.41) is 10.1. The predicted molar refractivity (Wildman–Crippen MR) is 94.7 cm³/mol. The summed E-state index contributed by atoms with van der Waals surface area (Å²) in [6.45, 7) is 2.25. The molecule has 1 aliphatic rings. The number of amides is 1. The smallest absolute Gasteiger partial charge is 0.261 e. The van der Waals surface area contributed by atoms with Gasteiger partial charge in [0.2, 0.25) is 0 Å². The number of benzene rings is 2. The molecule has 1 amide bonds. The number of carbonyl (C=O) groups excluding carboxylic acids is 1. The van der Waals surface area contributed by atoms with E-state index in [2.05, 4.69) is 0 Å². The van der Waals surface area contributed by atoms with Crippen LogP contribution in [0.5, 0.6) is 11.5 Å². The van der Waals surface area contributed by atoms with Crippen molar-refractivity contribution in [2.45, 2.75) is 25.5 Å². The quantitative estimate of drug-likeness (QED) is 0.908. The lowest BCUT2D eigenvalue weighted by molar-refractivity contribution is -0.134. The van der Waals surface area contributed by atoms with Crippen molar-refractivity contribution in [3.8, 4) is 11.5 Å². The summed E-state index contributed by atoms with van der Waals surface area (Å²) in [5.41, 5.74) is 2.04. The molecule has 2 aromatic carbocycles. The zero-order valence-electron chi connectivity index (χ0n) is 14.5. The van der Waals surface area contributed by atoms with Gasteiger partial charge >= 0.3 is 0 Å². The van der Waals surface area contributed by atoms with E-state index in [-0.39, 0.29) is 18.6 Å². The third-order valence-electron chi connectivity index (χ3n) is 4.43. The van der Waals surface area contributed by atoms with E-state index in [1.54, 1.807) is 12.0 Å². The van der Waals surface area contributed by atoms with Crippen molar-refractivity contribution in [1.82, 2.24) is 4.90 Å². The normalized spacial score (nSPS) is 19.7. The molecule has 0 aliphatic carbocycles. The van der Waals surface area contributed by atoms with E-state index in [0.717, 1.165) is 16.9 Å². The number of carbonyl (C=O) groups is 1. The van der Waals surface area contributed by atoms with Crippen LogP contribution in [0, 0.1) is 6.92 Å². The van der Waals surface area contributed by atoms with E-state index in [4.69, 9.17) is 9.47 Å². The number of aryl methyl sites for hydroxylation is 1. The van der Waals surface area contributed by atoms with Gasteiger partial charge in [-0.15, -0.1) is 0 Å². The van der Waals surface area contributed by atoms with E-state index in [1.807, 2.05) is 55.5 Å². The van der Waals surface area contributed by atoms with Crippen molar-refractivity contribution in [3.63, 3.8) is 0 Å². The van der Waals surface area contributed by atoms with Crippen LogP contribution in [0.2, 0.25) is 0 Å². The van der Waals surface area contributed by atoms with E-state index in [0.29, 0.717) is 18.7 Å². The van der Waals surface area contributed by atoms with E-state index < -0.39 is 6.10 Å². The fraction of sp³-hybridized carbons (Fsp3) is 0.350. The van der Waals surface area contributed by atoms with Gasteiger partial charge in [0.25, 0.3) is 5.91 Å². The summed E-state index contributed by atoms with van der Waals surface area (Å²) in [5.74, 6) is 1.28. The molecule has 0 bridgehead atoms. The summed E-state index contributed by atoms with van der Waals surface area (Å²) in [6.07, 6.45) is -0.0114. The molecule has 1 fully saturated rings. The average molecular weight is 341 g/mol. The monoisotopic (exact) mass is 341 g/mol. The minimum absolute atomic E-state index is 0.0450. The number of nitrogens with zero attached hydrogens (tertiary/aromatic N) is 1. The Kier molecular flexibility index (Phi) is 5.24. The number of hydrogen-bond acceptors (Lipinski definition) is 4. The van der Waals surface area contributed by atoms with Crippen LogP contribution in [0.25, 0.3) is 0 Å². The summed E-state index contributed by atoms with van der Waals surface area (Å²) < 4.78 is 10.9. The molecular formula is C20H23NO4. The number of ether oxygens (including phenoxy) is 2. The Morgan fingerprint density at radius 2 is 1.96 bits per heavy atom. The first-order chi connectivity index (χ1) is 12.1. The van der Waals surface area contributed by atoms with Crippen molar-refractivity contribution in [2.75, 3.05) is 20.3 Å². The Balaban J connectivity index is 1.71. The van der Waals surface area contributed by atoms with Crippen molar-refractivity contribution in [2.24, 2.45) is 0 Å². The zero-order valence-corrected chi connectivity index (χ0v) is 14.5. The lowest BCUT2D eigenvalue weighted by Crippen LogP contribution is -2.35. The van der Waals surface area contributed by atoms with E-state index >= 15 is 0 Å². The highest BCUT2D eigenvalue weighted by atomic mass is 16.5. The van der Waals surface area contributed by atoms with Crippen LogP contribution in [0.4, 0.5) is 0 Å². The standard InChI is InChI=1S/C20H23NO4/c1-14-5-3-8-18(9-14)25-13-20(23)21-12-16(22)11-19(21)15-6-4-7-17(10-15)24-2/h3-10,16,19,22H,11-13H2,1-2H3/t16-,19+/m0/s1. The fourth-order valence-electron chi connectivity index (χ4n) is 3.19. The van der Waals surface area contributed by atoms with Crippen molar-refractivity contribution in [1.29, 1.82) is 0 Å². The lowest BCUT2D eigenvalue weighted by atomic mass is 10.0. The van der Waals surface area contributed by atoms with Crippen LogP contribution in [-0.2, 0) is 4.79 Å². The molecule has 2 aromatic rings. The third-order valence-corrected chi connectivity index (χ3v) is 4.43. The lowest BCUT2D eigenvalue weighted by Gasteiger charge is -2.25. The van der Waals surface area contributed by atoms with Gasteiger partial charge in [-0.05, 0) is 48.7 Å². The number of likely N-dealkylation sites (tertiary alicyclic amines) is 1. The maximum Gasteiger partial charge on any atom is 0.261 e. The number of methoxy groups -OCH3 is 1. The second-order valence-electron chi connectivity index (χ2n) is 6.33. The Hall–Kier alpha value is -2.53. The molecule has 132 valence electrons. The Bertz CT molecular complexity index is 746. The molecule has 1 aliphatic heterocycles. The molecule has 3 rings (SSSR count). The van der Waals surface area contributed by atoms with Gasteiger partial charge in [-0.1, -0.05) is 24.3 Å². The van der Waals surface area contributed by atoms with Gasteiger partial charge in [-0.25, -0.2) is 0 Å². The molecule has 1 saturated heterocycles. The van der Waals surface area contributed by atoms with Crippen molar-refractivity contribution >= 4 is 5.91 Å². The average Bonchev–Trinajstić information content (AvgIpc) is 3.02. The number of β-amino-alcohol motifs (C(OH)–C–C–N with tert-alkyl or cyclic N) is 1. The van der Waals surface area contributed by atoms with Crippen LogP contribution >= 0.6 is 0 Å². The second-order valence-corrected chi connectivity index (χ2v) is 6.33. The van der Waals surface area contributed by atoms with Gasteiger partial charge < -0.3 is 19.5 Å². The Morgan fingerprint density at radius 1 is 1.20 bits per heavy atom. The minimum Gasteiger partial charge on any atom is -0.497 e. The molecule has 0 spiro atoms. The first-order valence-electron chi connectivity index (χ1n) is 8.38. The Morgan fingerprint density at radius 3 is 2.72 bits per heavy atom. The predicted octanol–water partition coefficient (Wildman–Crippen LogP) is 2.72. The molecule has 1 N–H and O–H groups in total. The summed E-state index contributed by atoms with van der Waals surface area (Å²) >= 11 is 0. The highest BCUT2D eigenvalue weighted by Gasteiger charge is 2.35. The molecular weight excluding hydrogens is 318 g/mol. The maximum atomic E-state index is 12.6. The van der Waals surface area contributed by atoms with Crippen LogP contribution in [-0.4, -0.2) is 42.3 Å². The first kappa shape index (κ1) is 17.3. The Labute approximate surface area is 147 Å². The van der Waals surface area contributed by atoms with Crippen LogP contribution in [0.15, 0.2) is 48.5 Å². The highest BCUT2D eigenvalue weighted by molar-refractivity contribution is 5.78. The van der Waals surface area contributed by atoms with E-state index in [9.17, 15) is 9.90 Å². The number of aliphatic hydroxyl groups is 1. The SMILES string of the molecule is COc1cccc([C@H]2C[C@H](O)CN2C(=O)COc2cccc(C)c2)c1. The minimum atomic E-state index is -0.529. The molecule has 0 aromatic heterocycles. The summed E-state index contributed by atoms with van der Waals surface area (Å²) in [7, 11) is 1.61. The molecule has 25 heavy (non-hydrogen) atoms. The third kappa shape index (κ3) is 4.12. The van der Waals surface area contributed by atoms with Gasteiger partial charge in [0, 0.05) is 6.54 Å². The van der Waals surface area contributed by atoms with Gasteiger partial charge in [-0.3, -0.25) is 4.79 Å². The zero-order chi connectivity index (χ0) is 17.8. The fourth-order valence-corrected chi connectivity index (χ4v) is 3.19. The first-order valence-corrected chi connectivity index (χ1v) is 8.38. The van der Waals surface area contributed by atoms with Crippen molar-refractivity contribution < 1.29 is 19.4 Å². The number of hydrogen-bond donors (Lipinski definition) is 1. The van der Waals surface area contributed by atoms with Crippen LogP contribution in [0.3, 0.4) is 0 Å². The molecule has 0 saturated carbocycles. The van der Waals surface area contributed by atoms with Gasteiger partial charge in [0.1, 0.15) is 11.5 Å². The maximum absolute atomic E-state index is 12.6. The summed E-state index contributed by atoms with van der Waals surface area (Å²) in [6, 6.07) is 15.0. The van der Waals surface area contributed by atoms with Crippen LogP contribution in [0.1, 0.15) is 23.6 Å². The molecule has 0 radical (unpaired) electrons. The molecule has 2 atom stereocenters. The largest absolute Gasteiger partial charge is 0.497 e. The van der Waals surface area contributed by atoms with Gasteiger partial charge in [-0.2, -0.15) is 0 Å².